The number of aryl methyl sites for hydroxylation is 4. The van der Waals surface area contributed by atoms with E-state index in [0.29, 0.717) is 24.8 Å². The molecule has 3 aliphatic rings. The SMILES string of the molecule is CCc1cc(CCCc2ccc(C)cc2)c(O)c2c1C[C@H]1C[C@H]3CC(=O)C(C(C)=O)=C(O)[C@@]3(O)C(=O)C1=C2O. The van der Waals surface area contributed by atoms with E-state index in [1.165, 1.54) is 11.1 Å². The number of phenols is 1. The molecular formula is C32H34O7. The Kier molecular flexibility index (Phi) is 6.75. The van der Waals surface area contributed by atoms with E-state index >= 15 is 0 Å². The summed E-state index contributed by atoms with van der Waals surface area (Å²) in [6, 6.07) is 10.3. The summed E-state index contributed by atoms with van der Waals surface area (Å²) in [6.07, 6.45) is 3.11. The van der Waals surface area contributed by atoms with Crippen LogP contribution in [0.1, 0.15) is 66.5 Å². The predicted octanol–water partition coefficient (Wildman–Crippen LogP) is 4.57. The number of fused-ring (bicyclic) bond motifs is 3. The average Bonchev–Trinajstić information content (AvgIpc) is 2.88. The van der Waals surface area contributed by atoms with Crippen LogP contribution < -0.4 is 0 Å². The molecule has 0 bridgehead atoms. The van der Waals surface area contributed by atoms with Crippen LogP contribution in [0.25, 0.3) is 5.76 Å². The second kappa shape index (κ2) is 9.79. The Morgan fingerprint density at radius 2 is 1.72 bits per heavy atom. The van der Waals surface area contributed by atoms with Crippen molar-refractivity contribution in [2.75, 3.05) is 0 Å². The van der Waals surface area contributed by atoms with Gasteiger partial charge < -0.3 is 20.4 Å². The number of hydrogen-bond donors (Lipinski definition) is 4. The van der Waals surface area contributed by atoms with Crippen molar-refractivity contribution in [3.05, 3.63) is 80.6 Å². The fraction of sp³-hybridized carbons (Fsp3) is 0.406. The first-order valence-electron chi connectivity index (χ1n) is 13.6. The van der Waals surface area contributed by atoms with E-state index in [0.717, 1.165) is 30.9 Å². The van der Waals surface area contributed by atoms with Gasteiger partial charge in [0.05, 0.1) is 5.56 Å². The second-order valence-electron chi connectivity index (χ2n) is 11.2. The molecular weight excluding hydrogens is 496 g/mol. The molecule has 0 amide bonds. The van der Waals surface area contributed by atoms with E-state index in [-0.39, 0.29) is 29.7 Å². The lowest BCUT2D eigenvalue weighted by molar-refractivity contribution is -0.147. The maximum Gasteiger partial charge on any atom is 0.202 e. The van der Waals surface area contributed by atoms with Crippen molar-refractivity contribution >= 4 is 23.1 Å². The molecule has 0 spiro atoms. The molecule has 3 atom stereocenters. The van der Waals surface area contributed by atoms with Gasteiger partial charge in [-0.2, -0.15) is 0 Å². The number of allylic oxidation sites excluding steroid dienone is 1. The summed E-state index contributed by atoms with van der Waals surface area (Å²) >= 11 is 0. The second-order valence-corrected chi connectivity index (χ2v) is 11.2. The summed E-state index contributed by atoms with van der Waals surface area (Å²) in [4.78, 5) is 38.4. The number of aliphatic hydroxyl groups is 3. The van der Waals surface area contributed by atoms with Gasteiger partial charge in [-0.1, -0.05) is 42.8 Å². The van der Waals surface area contributed by atoms with Crippen LogP contribution >= 0.6 is 0 Å². The van der Waals surface area contributed by atoms with E-state index in [4.69, 9.17) is 0 Å². The van der Waals surface area contributed by atoms with Crippen LogP contribution in [0.3, 0.4) is 0 Å². The van der Waals surface area contributed by atoms with Gasteiger partial charge in [-0.15, -0.1) is 0 Å². The Hall–Kier alpha value is -3.71. The molecule has 7 nitrogen and oxygen atoms in total. The number of Topliss-reactive ketones (excluding diaryl/α,β-unsaturated/α-hetero) is 3. The Morgan fingerprint density at radius 1 is 1.03 bits per heavy atom. The van der Waals surface area contributed by atoms with Crippen molar-refractivity contribution in [2.24, 2.45) is 11.8 Å². The van der Waals surface area contributed by atoms with Crippen LogP contribution in [0, 0.1) is 18.8 Å². The molecule has 0 aliphatic heterocycles. The minimum atomic E-state index is -2.47. The van der Waals surface area contributed by atoms with Gasteiger partial charge in [0.25, 0.3) is 0 Å². The summed E-state index contributed by atoms with van der Waals surface area (Å²) < 4.78 is 0. The summed E-state index contributed by atoms with van der Waals surface area (Å²) in [5.74, 6) is -5.08. The molecule has 0 aromatic heterocycles. The fourth-order valence-electron chi connectivity index (χ4n) is 6.68. The van der Waals surface area contributed by atoms with Crippen molar-refractivity contribution in [1.29, 1.82) is 0 Å². The van der Waals surface area contributed by atoms with Gasteiger partial charge in [-0.3, -0.25) is 14.4 Å². The number of hydrogen-bond acceptors (Lipinski definition) is 7. The minimum absolute atomic E-state index is 0.0702. The van der Waals surface area contributed by atoms with Gasteiger partial charge >= 0.3 is 0 Å². The van der Waals surface area contributed by atoms with Crippen LogP contribution in [-0.4, -0.2) is 43.4 Å². The number of carbonyl (C=O) groups excluding carboxylic acids is 3. The van der Waals surface area contributed by atoms with Gasteiger partial charge in [-0.25, -0.2) is 0 Å². The fourth-order valence-corrected chi connectivity index (χ4v) is 6.68. The first-order chi connectivity index (χ1) is 18.5. The summed E-state index contributed by atoms with van der Waals surface area (Å²) in [5.41, 5.74) is 1.87. The number of phenolic OH excluding ortho intramolecular Hbond substituents is 1. The van der Waals surface area contributed by atoms with Gasteiger partial charge in [0.2, 0.25) is 5.78 Å². The largest absolute Gasteiger partial charge is 0.508 e. The van der Waals surface area contributed by atoms with E-state index in [9.17, 15) is 34.8 Å². The standard InChI is InChI=1S/C32H34O7/c1-4-19-12-20(7-5-6-18-10-8-16(2)9-11-18)28(35)27-23(19)14-21-13-22-15-24(34)25(17(3)33)30(37)32(22,39)31(38)26(21)29(27)36/h8-12,21-22,35-37,39H,4-7,13-15H2,1-3H3/t21-,22+,32-/m1/s1. The van der Waals surface area contributed by atoms with Gasteiger partial charge in [-0.05, 0) is 80.5 Å². The maximum atomic E-state index is 13.8. The number of benzene rings is 2. The number of carbonyl (C=O) groups is 3. The molecule has 1 fully saturated rings. The first kappa shape index (κ1) is 26.9. The summed E-state index contributed by atoms with van der Waals surface area (Å²) in [6.45, 7) is 5.13. The number of aliphatic hydroxyl groups excluding tert-OH is 2. The molecule has 3 aliphatic carbocycles. The highest BCUT2D eigenvalue weighted by atomic mass is 16.3. The molecule has 1 saturated carbocycles. The zero-order valence-corrected chi connectivity index (χ0v) is 22.5. The third-order valence-electron chi connectivity index (χ3n) is 8.75. The monoisotopic (exact) mass is 530 g/mol. The molecule has 4 N–H and O–H groups in total. The third kappa shape index (κ3) is 4.20. The molecule has 7 heteroatoms. The zero-order valence-electron chi connectivity index (χ0n) is 22.5. The molecule has 0 saturated heterocycles. The Morgan fingerprint density at radius 3 is 2.36 bits per heavy atom. The highest BCUT2D eigenvalue weighted by molar-refractivity contribution is 6.23. The highest BCUT2D eigenvalue weighted by Gasteiger charge is 2.60. The van der Waals surface area contributed by atoms with Crippen LogP contribution in [0.2, 0.25) is 0 Å². The van der Waals surface area contributed by atoms with Crippen LogP contribution in [0.4, 0.5) is 0 Å². The lowest BCUT2D eigenvalue weighted by Gasteiger charge is -2.46. The number of ketones is 3. The van der Waals surface area contributed by atoms with E-state index in [1.54, 1.807) is 0 Å². The minimum Gasteiger partial charge on any atom is -0.508 e. The molecule has 0 radical (unpaired) electrons. The molecule has 5 rings (SSSR count). The Balaban J connectivity index is 1.54. The van der Waals surface area contributed by atoms with Crippen molar-refractivity contribution in [3.63, 3.8) is 0 Å². The quantitative estimate of drug-likeness (QED) is 0.402. The summed E-state index contributed by atoms with van der Waals surface area (Å²) in [5, 5.41) is 45.0. The maximum absolute atomic E-state index is 13.8. The van der Waals surface area contributed by atoms with Crippen LogP contribution in [0.15, 0.2) is 47.2 Å². The van der Waals surface area contributed by atoms with Crippen molar-refractivity contribution < 1.29 is 34.8 Å². The highest BCUT2D eigenvalue weighted by Crippen LogP contribution is 2.52. The van der Waals surface area contributed by atoms with Gasteiger partial charge in [0, 0.05) is 17.9 Å². The number of rotatable bonds is 6. The van der Waals surface area contributed by atoms with Crippen molar-refractivity contribution in [3.8, 4) is 5.75 Å². The van der Waals surface area contributed by atoms with E-state index < -0.39 is 51.9 Å². The van der Waals surface area contributed by atoms with E-state index in [1.807, 2.05) is 19.9 Å². The number of aromatic hydroxyl groups is 1. The zero-order chi connectivity index (χ0) is 28.2. The van der Waals surface area contributed by atoms with Crippen molar-refractivity contribution in [2.45, 2.75) is 71.3 Å². The Bertz CT molecular complexity index is 1460. The van der Waals surface area contributed by atoms with Gasteiger partial charge in [0.15, 0.2) is 17.2 Å². The molecule has 0 unspecified atom stereocenters. The molecule has 0 heterocycles. The van der Waals surface area contributed by atoms with Crippen LogP contribution in [0.5, 0.6) is 5.75 Å². The average molecular weight is 531 g/mol. The topological polar surface area (TPSA) is 132 Å². The molecule has 2 aromatic rings. The lowest BCUT2D eigenvalue weighted by Crippen LogP contribution is -2.57. The van der Waals surface area contributed by atoms with Crippen LogP contribution in [-0.2, 0) is 40.1 Å². The molecule has 204 valence electrons. The lowest BCUT2D eigenvalue weighted by atomic mass is 9.59. The van der Waals surface area contributed by atoms with E-state index in [2.05, 4.69) is 24.3 Å². The Labute approximate surface area is 227 Å². The van der Waals surface area contributed by atoms with Gasteiger partial charge in [0.1, 0.15) is 22.8 Å². The predicted molar refractivity (Wildman–Crippen MR) is 145 cm³/mol. The normalized spacial score (nSPS) is 24.4. The van der Waals surface area contributed by atoms with Crippen molar-refractivity contribution in [1.82, 2.24) is 0 Å². The third-order valence-corrected chi connectivity index (χ3v) is 8.75. The summed E-state index contributed by atoms with van der Waals surface area (Å²) in [7, 11) is 0. The first-order valence-corrected chi connectivity index (χ1v) is 13.6. The smallest absolute Gasteiger partial charge is 0.202 e. The molecule has 2 aromatic carbocycles. The molecule has 39 heavy (non-hydrogen) atoms.